The largest absolute Gasteiger partial charge is 0.334 e. The summed E-state index contributed by atoms with van der Waals surface area (Å²) in [5.74, 6) is 0.744. The summed E-state index contributed by atoms with van der Waals surface area (Å²) >= 11 is 0. The number of nitrogens with zero attached hydrogens (tertiary/aromatic N) is 2. The van der Waals surface area contributed by atoms with Crippen LogP contribution in [0, 0.1) is 0 Å². The van der Waals surface area contributed by atoms with E-state index in [1.807, 2.05) is 0 Å². The third-order valence-corrected chi connectivity index (χ3v) is 3.20. The molecule has 0 saturated carbocycles. The predicted octanol–water partition coefficient (Wildman–Crippen LogP) is -0.943. The highest BCUT2D eigenvalue weighted by atomic mass is 16.1. The molecule has 0 radical (unpaired) electrons. The van der Waals surface area contributed by atoms with Crippen molar-refractivity contribution < 1.29 is 4.90 Å². The number of hydrogen-bond acceptors (Lipinski definition) is 3. The van der Waals surface area contributed by atoms with Crippen molar-refractivity contribution >= 4 is 5.95 Å². The third-order valence-electron chi connectivity index (χ3n) is 3.20. The zero-order valence-corrected chi connectivity index (χ0v) is 10.6. The first-order chi connectivity index (χ1) is 8.19. The van der Waals surface area contributed by atoms with Crippen LogP contribution in [0.15, 0.2) is 10.9 Å². The summed E-state index contributed by atoms with van der Waals surface area (Å²) in [6, 6.07) is 1.61. The molecule has 0 amide bonds. The summed E-state index contributed by atoms with van der Waals surface area (Å²) in [4.78, 5) is 22.6. The second-order valence-corrected chi connectivity index (χ2v) is 4.75. The van der Waals surface area contributed by atoms with Gasteiger partial charge in [0.25, 0.3) is 5.56 Å². The molecule has 1 saturated heterocycles. The van der Waals surface area contributed by atoms with Gasteiger partial charge in [-0.3, -0.25) is 9.78 Å². The molecule has 17 heavy (non-hydrogen) atoms. The van der Waals surface area contributed by atoms with Gasteiger partial charge >= 0.3 is 0 Å². The molecule has 1 aromatic rings. The summed E-state index contributed by atoms with van der Waals surface area (Å²) in [7, 11) is 2.20. The van der Waals surface area contributed by atoms with Crippen LogP contribution < -0.4 is 15.4 Å². The topological polar surface area (TPSA) is 53.4 Å². The molecular weight excluding hydrogens is 216 g/mol. The second-order valence-electron chi connectivity index (χ2n) is 4.75. The van der Waals surface area contributed by atoms with Gasteiger partial charge in [-0.15, -0.1) is 0 Å². The second kappa shape index (κ2) is 5.31. The standard InChI is InChI=1S/C12H20N4O/c1-3-4-10-9-11(17)14-12(13-10)16-7-5-15(2)6-8-16/h9H,3-8H2,1-2H3,(H,13,14,17)/p+1. The van der Waals surface area contributed by atoms with Crippen molar-refractivity contribution in [3.05, 3.63) is 22.1 Å². The number of quaternary nitrogens is 1. The smallest absolute Gasteiger partial charge is 0.252 e. The maximum Gasteiger partial charge on any atom is 0.252 e. The minimum Gasteiger partial charge on any atom is -0.334 e. The molecule has 94 valence electrons. The fourth-order valence-corrected chi connectivity index (χ4v) is 2.13. The molecule has 1 aliphatic rings. The molecule has 1 aliphatic heterocycles. The quantitative estimate of drug-likeness (QED) is 0.713. The monoisotopic (exact) mass is 237 g/mol. The van der Waals surface area contributed by atoms with E-state index in [1.54, 1.807) is 6.07 Å². The highest BCUT2D eigenvalue weighted by molar-refractivity contribution is 5.30. The Kier molecular flexibility index (Phi) is 3.78. The number of aromatic amines is 1. The average molecular weight is 237 g/mol. The molecular formula is C12H21N4O+. The van der Waals surface area contributed by atoms with Crippen molar-refractivity contribution in [2.45, 2.75) is 19.8 Å². The molecule has 0 aromatic carbocycles. The number of rotatable bonds is 3. The molecule has 0 unspecified atom stereocenters. The van der Waals surface area contributed by atoms with Gasteiger partial charge in [-0.1, -0.05) is 13.3 Å². The van der Waals surface area contributed by atoms with Crippen LogP contribution in [0.4, 0.5) is 5.95 Å². The van der Waals surface area contributed by atoms with Crippen molar-refractivity contribution in [1.82, 2.24) is 9.97 Å². The minimum absolute atomic E-state index is 0.0373. The van der Waals surface area contributed by atoms with Crippen molar-refractivity contribution in [3.63, 3.8) is 0 Å². The van der Waals surface area contributed by atoms with E-state index in [0.29, 0.717) is 0 Å². The van der Waals surface area contributed by atoms with E-state index in [-0.39, 0.29) is 5.56 Å². The van der Waals surface area contributed by atoms with Crippen LogP contribution in [-0.4, -0.2) is 43.2 Å². The molecule has 1 fully saturated rings. The Morgan fingerprint density at radius 1 is 1.47 bits per heavy atom. The average Bonchev–Trinajstić information content (AvgIpc) is 2.29. The van der Waals surface area contributed by atoms with Gasteiger partial charge in [-0.25, -0.2) is 4.98 Å². The highest BCUT2D eigenvalue weighted by Crippen LogP contribution is 2.06. The first-order valence-corrected chi connectivity index (χ1v) is 6.35. The van der Waals surface area contributed by atoms with Crippen LogP contribution in [0.1, 0.15) is 19.0 Å². The third kappa shape index (κ3) is 3.06. The van der Waals surface area contributed by atoms with Gasteiger partial charge in [0.1, 0.15) is 0 Å². The number of piperazine rings is 1. The summed E-state index contributed by atoms with van der Waals surface area (Å²) in [6.07, 6.45) is 1.89. The van der Waals surface area contributed by atoms with E-state index in [4.69, 9.17) is 0 Å². The Morgan fingerprint density at radius 3 is 2.82 bits per heavy atom. The SMILES string of the molecule is CCCc1cc(=O)[nH]c(N2CC[NH+](C)CC2)n1. The number of nitrogens with one attached hydrogen (secondary N) is 2. The van der Waals surface area contributed by atoms with E-state index in [1.165, 1.54) is 4.90 Å². The number of aryl methyl sites for hydroxylation is 1. The van der Waals surface area contributed by atoms with E-state index in [9.17, 15) is 4.79 Å². The van der Waals surface area contributed by atoms with Crippen LogP contribution >= 0.6 is 0 Å². The van der Waals surface area contributed by atoms with E-state index in [2.05, 4.69) is 28.8 Å². The van der Waals surface area contributed by atoms with Gasteiger partial charge in [0.15, 0.2) is 0 Å². The first-order valence-electron chi connectivity index (χ1n) is 6.35. The molecule has 0 bridgehead atoms. The zero-order valence-electron chi connectivity index (χ0n) is 10.6. The molecule has 0 spiro atoms. The van der Waals surface area contributed by atoms with E-state index in [0.717, 1.165) is 50.7 Å². The summed E-state index contributed by atoms with van der Waals surface area (Å²) < 4.78 is 0. The molecule has 5 nitrogen and oxygen atoms in total. The lowest BCUT2D eigenvalue weighted by atomic mass is 10.2. The molecule has 2 rings (SSSR count). The minimum atomic E-state index is -0.0373. The van der Waals surface area contributed by atoms with Gasteiger partial charge < -0.3 is 9.80 Å². The van der Waals surface area contributed by atoms with Gasteiger partial charge in [0, 0.05) is 11.8 Å². The molecule has 2 heterocycles. The number of likely N-dealkylation sites (N-methyl/N-ethyl adjacent to an activating group) is 1. The van der Waals surface area contributed by atoms with Crippen molar-refractivity contribution in [2.24, 2.45) is 0 Å². The van der Waals surface area contributed by atoms with Crippen LogP contribution in [0.2, 0.25) is 0 Å². The lowest BCUT2D eigenvalue weighted by Crippen LogP contribution is -3.12. The fraction of sp³-hybridized carbons (Fsp3) is 0.667. The van der Waals surface area contributed by atoms with Crippen molar-refractivity contribution in [3.8, 4) is 0 Å². The predicted molar refractivity (Wildman–Crippen MR) is 67.7 cm³/mol. The number of aromatic nitrogens is 2. The Labute approximate surface area is 101 Å². The molecule has 0 aliphatic carbocycles. The van der Waals surface area contributed by atoms with Gasteiger partial charge in [-0.05, 0) is 6.42 Å². The van der Waals surface area contributed by atoms with Gasteiger partial charge in [0.2, 0.25) is 5.95 Å². The molecule has 5 heteroatoms. The summed E-state index contributed by atoms with van der Waals surface area (Å²) in [5, 5.41) is 0. The molecule has 1 aromatic heterocycles. The van der Waals surface area contributed by atoms with Gasteiger partial charge in [-0.2, -0.15) is 0 Å². The van der Waals surface area contributed by atoms with E-state index < -0.39 is 0 Å². The summed E-state index contributed by atoms with van der Waals surface area (Å²) in [5.41, 5.74) is 0.863. The number of H-pyrrole nitrogens is 1. The van der Waals surface area contributed by atoms with E-state index >= 15 is 0 Å². The normalized spacial score (nSPS) is 17.4. The van der Waals surface area contributed by atoms with Crippen molar-refractivity contribution in [2.75, 3.05) is 38.1 Å². The molecule has 0 atom stereocenters. The maximum atomic E-state index is 11.6. The van der Waals surface area contributed by atoms with Crippen LogP contribution in [0.5, 0.6) is 0 Å². The maximum absolute atomic E-state index is 11.6. The number of anilines is 1. The Morgan fingerprint density at radius 2 is 2.18 bits per heavy atom. The Bertz CT molecular complexity index is 421. The zero-order chi connectivity index (χ0) is 12.3. The lowest BCUT2D eigenvalue weighted by Gasteiger charge is -2.30. The van der Waals surface area contributed by atoms with Crippen molar-refractivity contribution in [1.29, 1.82) is 0 Å². The first kappa shape index (κ1) is 12.1. The number of hydrogen-bond donors (Lipinski definition) is 2. The lowest BCUT2D eigenvalue weighted by molar-refractivity contribution is -0.880. The molecule has 2 N–H and O–H groups in total. The van der Waals surface area contributed by atoms with Crippen LogP contribution in [-0.2, 0) is 6.42 Å². The fourth-order valence-electron chi connectivity index (χ4n) is 2.13. The Hall–Kier alpha value is -1.36. The van der Waals surface area contributed by atoms with Gasteiger partial charge in [0.05, 0.1) is 33.2 Å². The van der Waals surface area contributed by atoms with Crippen LogP contribution in [0.25, 0.3) is 0 Å². The summed E-state index contributed by atoms with van der Waals surface area (Å²) in [6.45, 7) is 6.22. The Balaban J connectivity index is 2.17. The van der Waals surface area contributed by atoms with Crippen LogP contribution in [0.3, 0.4) is 0 Å². The highest BCUT2D eigenvalue weighted by Gasteiger charge is 2.18.